The van der Waals surface area contributed by atoms with Gasteiger partial charge in [-0.25, -0.2) is 8.78 Å². The van der Waals surface area contributed by atoms with E-state index in [4.69, 9.17) is 0 Å². The molecule has 1 saturated carbocycles. The fourth-order valence-electron chi connectivity index (χ4n) is 3.84. The molecule has 1 N–H and O–H groups in total. The first kappa shape index (κ1) is 14.9. The summed E-state index contributed by atoms with van der Waals surface area (Å²) in [4.78, 5) is 2.38. The molecule has 2 aliphatic rings. The van der Waals surface area contributed by atoms with Crippen molar-refractivity contribution in [1.82, 2.24) is 10.2 Å². The Balaban J connectivity index is 1.87. The van der Waals surface area contributed by atoms with E-state index >= 15 is 0 Å². The number of hydrogen-bond donors (Lipinski definition) is 1. The van der Waals surface area contributed by atoms with Crippen molar-refractivity contribution in [2.24, 2.45) is 0 Å². The molecule has 0 unspecified atom stereocenters. The molecule has 1 aromatic carbocycles. The van der Waals surface area contributed by atoms with E-state index in [1.165, 1.54) is 18.9 Å². The highest BCUT2D eigenvalue weighted by Crippen LogP contribution is 2.39. The zero-order valence-corrected chi connectivity index (χ0v) is 12.9. The zero-order valence-electron chi connectivity index (χ0n) is 12.9. The van der Waals surface area contributed by atoms with Gasteiger partial charge in [0.2, 0.25) is 0 Å². The van der Waals surface area contributed by atoms with Crippen LogP contribution in [0, 0.1) is 11.6 Å². The number of piperazine rings is 1. The van der Waals surface area contributed by atoms with Crippen LogP contribution in [0.3, 0.4) is 0 Å². The van der Waals surface area contributed by atoms with E-state index in [2.05, 4.69) is 24.1 Å². The lowest BCUT2D eigenvalue weighted by Gasteiger charge is -2.51. The van der Waals surface area contributed by atoms with Crippen molar-refractivity contribution >= 4 is 0 Å². The lowest BCUT2D eigenvalue weighted by Crippen LogP contribution is -2.67. The maximum atomic E-state index is 14.0. The summed E-state index contributed by atoms with van der Waals surface area (Å²) >= 11 is 0. The summed E-state index contributed by atoms with van der Waals surface area (Å²) in [6.07, 6.45) is 4.74. The average Bonchev–Trinajstić information content (AvgIpc) is 2.89. The third-order valence-corrected chi connectivity index (χ3v) is 5.08. The molecule has 1 aromatic rings. The predicted octanol–water partition coefficient (Wildman–Crippen LogP) is 3.46. The van der Waals surface area contributed by atoms with Gasteiger partial charge < -0.3 is 5.32 Å². The lowest BCUT2D eigenvalue weighted by molar-refractivity contribution is 0.0113. The van der Waals surface area contributed by atoms with Gasteiger partial charge in [0.05, 0.1) is 0 Å². The molecule has 2 fully saturated rings. The maximum Gasteiger partial charge on any atom is 0.163 e. The van der Waals surface area contributed by atoms with Crippen molar-refractivity contribution in [1.29, 1.82) is 0 Å². The van der Waals surface area contributed by atoms with Crippen molar-refractivity contribution in [2.75, 3.05) is 13.1 Å². The normalized spacial score (nSPS) is 24.6. The fraction of sp³-hybridized carbons (Fsp3) is 0.647. The second kappa shape index (κ2) is 5.33. The standard InChI is InChI=1S/C17H24F2N2/c1-16(2)12-21(17(11-20-16)8-3-4-9-17)10-13-6-5-7-14(18)15(13)19/h5-7,20H,3-4,8-12H2,1-2H3. The lowest BCUT2D eigenvalue weighted by atomic mass is 9.86. The first-order valence-corrected chi connectivity index (χ1v) is 7.85. The van der Waals surface area contributed by atoms with Crippen LogP contribution in [0.2, 0.25) is 0 Å². The predicted molar refractivity (Wildman–Crippen MR) is 80.0 cm³/mol. The second-order valence-corrected chi connectivity index (χ2v) is 7.24. The van der Waals surface area contributed by atoms with Crippen LogP contribution in [0.25, 0.3) is 0 Å². The van der Waals surface area contributed by atoms with Crippen molar-refractivity contribution in [3.63, 3.8) is 0 Å². The molecule has 1 aliphatic carbocycles. The molecule has 0 radical (unpaired) electrons. The summed E-state index contributed by atoms with van der Waals surface area (Å²) in [5.74, 6) is -1.44. The quantitative estimate of drug-likeness (QED) is 0.898. The second-order valence-electron chi connectivity index (χ2n) is 7.24. The molecule has 1 spiro atoms. The highest BCUT2D eigenvalue weighted by Gasteiger charge is 2.45. The van der Waals surface area contributed by atoms with E-state index < -0.39 is 11.6 Å². The topological polar surface area (TPSA) is 15.3 Å². The summed E-state index contributed by atoms with van der Waals surface area (Å²) < 4.78 is 27.5. The largest absolute Gasteiger partial charge is 0.309 e. The van der Waals surface area contributed by atoms with Crippen LogP contribution < -0.4 is 5.32 Å². The SMILES string of the molecule is CC1(C)CN(Cc2cccc(F)c2F)C2(CCCC2)CN1. The van der Waals surface area contributed by atoms with E-state index in [1.807, 2.05) is 0 Å². The molecule has 0 amide bonds. The van der Waals surface area contributed by atoms with Gasteiger partial charge in [-0.15, -0.1) is 0 Å². The fourth-order valence-corrected chi connectivity index (χ4v) is 3.84. The Hall–Kier alpha value is -1.00. The molecule has 0 aromatic heterocycles. The van der Waals surface area contributed by atoms with Gasteiger partial charge in [0.25, 0.3) is 0 Å². The van der Waals surface area contributed by atoms with Crippen molar-refractivity contribution < 1.29 is 8.78 Å². The summed E-state index contributed by atoms with van der Waals surface area (Å²) in [6, 6.07) is 4.49. The van der Waals surface area contributed by atoms with E-state index in [1.54, 1.807) is 12.1 Å². The Morgan fingerprint density at radius 2 is 1.90 bits per heavy atom. The van der Waals surface area contributed by atoms with Gasteiger partial charge in [-0.05, 0) is 32.8 Å². The molecule has 4 heteroatoms. The molecule has 1 saturated heterocycles. The summed E-state index contributed by atoms with van der Waals surface area (Å²) in [6.45, 7) is 6.64. The van der Waals surface area contributed by atoms with Crippen molar-refractivity contribution in [3.8, 4) is 0 Å². The zero-order chi connectivity index (χ0) is 15.1. The monoisotopic (exact) mass is 294 g/mol. The van der Waals surface area contributed by atoms with E-state index in [0.29, 0.717) is 12.1 Å². The highest BCUT2D eigenvalue weighted by atomic mass is 19.2. The Morgan fingerprint density at radius 3 is 2.62 bits per heavy atom. The Morgan fingerprint density at radius 1 is 1.19 bits per heavy atom. The Bertz CT molecular complexity index is 522. The first-order chi connectivity index (χ1) is 9.92. The van der Waals surface area contributed by atoms with Gasteiger partial charge in [0.15, 0.2) is 11.6 Å². The minimum absolute atomic E-state index is 0.0115. The maximum absolute atomic E-state index is 14.0. The van der Waals surface area contributed by atoms with Gasteiger partial charge in [0.1, 0.15) is 0 Å². The molecule has 1 heterocycles. The Kier molecular flexibility index (Phi) is 3.78. The van der Waals surface area contributed by atoms with Gasteiger partial charge in [0, 0.05) is 36.3 Å². The van der Waals surface area contributed by atoms with Crippen molar-refractivity contribution in [3.05, 3.63) is 35.4 Å². The van der Waals surface area contributed by atoms with E-state index in [9.17, 15) is 8.78 Å². The number of hydrogen-bond acceptors (Lipinski definition) is 2. The molecule has 2 nitrogen and oxygen atoms in total. The molecular formula is C17H24F2N2. The summed E-state index contributed by atoms with van der Waals surface area (Å²) in [5.41, 5.74) is 0.602. The highest BCUT2D eigenvalue weighted by molar-refractivity contribution is 5.20. The van der Waals surface area contributed by atoms with Crippen LogP contribution in [0.15, 0.2) is 18.2 Å². The summed E-state index contributed by atoms with van der Waals surface area (Å²) in [7, 11) is 0. The Labute approximate surface area is 125 Å². The number of benzene rings is 1. The minimum Gasteiger partial charge on any atom is -0.309 e. The number of nitrogens with one attached hydrogen (secondary N) is 1. The van der Waals surface area contributed by atoms with Crippen molar-refractivity contribution in [2.45, 2.75) is 57.2 Å². The first-order valence-electron chi connectivity index (χ1n) is 7.85. The van der Waals surface area contributed by atoms with Gasteiger partial charge >= 0.3 is 0 Å². The molecule has 0 atom stereocenters. The molecule has 1 aliphatic heterocycles. The third kappa shape index (κ3) is 2.84. The average molecular weight is 294 g/mol. The number of rotatable bonds is 2. The van der Waals surface area contributed by atoms with Gasteiger partial charge in [-0.3, -0.25) is 4.90 Å². The smallest absolute Gasteiger partial charge is 0.163 e. The number of halogens is 2. The molecular weight excluding hydrogens is 270 g/mol. The van der Waals surface area contributed by atoms with E-state index in [-0.39, 0.29) is 11.1 Å². The van der Waals surface area contributed by atoms with Crippen LogP contribution in [0.5, 0.6) is 0 Å². The van der Waals surface area contributed by atoms with Gasteiger partial charge in [-0.1, -0.05) is 25.0 Å². The number of nitrogens with zero attached hydrogens (tertiary/aromatic N) is 1. The van der Waals surface area contributed by atoms with Crippen LogP contribution in [0.1, 0.15) is 45.1 Å². The van der Waals surface area contributed by atoms with Crippen LogP contribution in [-0.2, 0) is 6.54 Å². The van der Waals surface area contributed by atoms with Crippen LogP contribution in [0.4, 0.5) is 8.78 Å². The molecule has 3 rings (SSSR count). The molecule has 116 valence electrons. The van der Waals surface area contributed by atoms with E-state index in [0.717, 1.165) is 25.9 Å². The minimum atomic E-state index is -0.748. The molecule has 21 heavy (non-hydrogen) atoms. The molecule has 0 bridgehead atoms. The van der Waals surface area contributed by atoms with Crippen LogP contribution in [-0.4, -0.2) is 29.1 Å². The third-order valence-electron chi connectivity index (χ3n) is 5.08. The van der Waals surface area contributed by atoms with Crippen LogP contribution >= 0.6 is 0 Å². The van der Waals surface area contributed by atoms with Gasteiger partial charge in [-0.2, -0.15) is 0 Å². The summed E-state index contributed by atoms with van der Waals surface area (Å²) in [5, 5.41) is 3.62.